The van der Waals surface area contributed by atoms with Gasteiger partial charge in [0.2, 0.25) is 5.91 Å². The van der Waals surface area contributed by atoms with Crippen LogP contribution >= 0.6 is 0 Å². The average molecular weight is 217 g/mol. The summed E-state index contributed by atoms with van der Waals surface area (Å²) in [6.45, 7) is 4.04. The second-order valence-corrected chi connectivity index (χ2v) is 4.47. The van der Waals surface area contributed by atoms with E-state index in [0.717, 1.165) is 0 Å². The maximum atomic E-state index is 11.2. The Balaban J connectivity index is 4.90. The lowest BCUT2D eigenvalue weighted by Crippen LogP contribution is -2.56. The molecule has 4 N–H and O–H groups in total. The molecule has 0 heterocycles. The fourth-order valence-corrected chi connectivity index (χ4v) is 1.28. The number of carbonyl (C=O) groups is 2. The van der Waals surface area contributed by atoms with Gasteiger partial charge in [-0.25, -0.2) is 0 Å². The third-order valence-corrected chi connectivity index (χ3v) is 2.76. The lowest BCUT2D eigenvalue weighted by atomic mass is 9.72. The minimum atomic E-state index is -1.85. The van der Waals surface area contributed by atoms with Crippen LogP contribution in [0.25, 0.3) is 0 Å². The van der Waals surface area contributed by atoms with E-state index < -0.39 is 16.9 Å². The van der Waals surface area contributed by atoms with Gasteiger partial charge >= 0.3 is 0 Å². The number of aliphatic hydroxyl groups excluding tert-OH is 1. The van der Waals surface area contributed by atoms with Gasteiger partial charge in [0.25, 0.3) is 0 Å². The molecule has 88 valence electrons. The summed E-state index contributed by atoms with van der Waals surface area (Å²) in [7, 11) is 0. The number of rotatable bonds is 6. The van der Waals surface area contributed by atoms with Crippen molar-refractivity contribution in [2.24, 2.45) is 11.1 Å². The standard InChI is InChI=1S/C10H19NO4/c1-7(13)4-5-10(15,8(11)14)9(2,3)6-12/h12,15H,4-6H2,1-3H3,(H2,11,14)/t10-/m0/s1. The topological polar surface area (TPSA) is 101 Å². The first kappa shape index (κ1) is 14.1. The molecule has 5 nitrogen and oxygen atoms in total. The molecule has 0 aromatic heterocycles. The number of hydrogen-bond donors (Lipinski definition) is 3. The third kappa shape index (κ3) is 3.00. The Labute approximate surface area is 89.3 Å². The van der Waals surface area contributed by atoms with E-state index in [1.165, 1.54) is 20.8 Å². The van der Waals surface area contributed by atoms with Gasteiger partial charge in [0, 0.05) is 11.8 Å². The Bertz CT molecular complexity index is 262. The first-order chi connectivity index (χ1) is 6.67. The van der Waals surface area contributed by atoms with E-state index in [1.54, 1.807) is 0 Å². The normalized spacial score (nSPS) is 15.8. The number of nitrogens with two attached hydrogens (primary N) is 1. The predicted molar refractivity (Wildman–Crippen MR) is 54.9 cm³/mol. The van der Waals surface area contributed by atoms with Crippen molar-refractivity contribution in [1.29, 1.82) is 0 Å². The molecule has 15 heavy (non-hydrogen) atoms. The van der Waals surface area contributed by atoms with Crippen molar-refractivity contribution in [2.45, 2.75) is 39.2 Å². The van der Waals surface area contributed by atoms with Gasteiger partial charge in [-0.05, 0) is 13.3 Å². The zero-order valence-electron chi connectivity index (χ0n) is 9.41. The Morgan fingerprint density at radius 1 is 1.33 bits per heavy atom. The Kier molecular flexibility index (Phi) is 4.42. The van der Waals surface area contributed by atoms with E-state index in [0.29, 0.717) is 0 Å². The van der Waals surface area contributed by atoms with Gasteiger partial charge in [-0.1, -0.05) is 13.8 Å². The Hall–Kier alpha value is -0.940. The number of primary amides is 1. The summed E-state index contributed by atoms with van der Waals surface area (Å²) >= 11 is 0. The van der Waals surface area contributed by atoms with Gasteiger partial charge < -0.3 is 20.7 Å². The van der Waals surface area contributed by atoms with Crippen LogP contribution in [0, 0.1) is 5.41 Å². The van der Waals surface area contributed by atoms with Gasteiger partial charge in [0.1, 0.15) is 5.78 Å². The number of aliphatic hydroxyl groups is 2. The third-order valence-electron chi connectivity index (χ3n) is 2.76. The maximum absolute atomic E-state index is 11.2. The zero-order chi connectivity index (χ0) is 12.3. The fraction of sp³-hybridized carbons (Fsp3) is 0.800. The molecule has 1 atom stereocenters. The largest absolute Gasteiger partial charge is 0.396 e. The molecular formula is C10H19NO4. The molecule has 0 aliphatic carbocycles. The highest BCUT2D eigenvalue weighted by atomic mass is 16.3. The van der Waals surface area contributed by atoms with E-state index in [-0.39, 0.29) is 25.2 Å². The van der Waals surface area contributed by atoms with Crippen LogP contribution in [0.2, 0.25) is 0 Å². The predicted octanol–water partition coefficient (Wildman–Crippen LogP) is -0.409. The van der Waals surface area contributed by atoms with Crippen molar-refractivity contribution in [2.75, 3.05) is 6.61 Å². The molecule has 1 amide bonds. The molecule has 0 aromatic rings. The molecule has 0 unspecified atom stereocenters. The quantitative estimate of drug-likeness (QED) is 0.563. The molecule has 0 saturated carbocycles. The van der Waals surface area contributed by atoms with Crippen LogP contribution in [-0.2, 0) is 9.59 Å². The summed E-state index contributed by atoms with van der Waals surface area (Å²) in [4.78, 5) is 22.0. The van der Waals surface area contributed by atoms with Crippen molar-refractivity contribution in [3.63, 3.8) is 0 Å². The number of amides is 1. The summed E-state index contributed by atoms with van der Waals surface area (Å²) < 4.78 is 0. The van der Waals surface area contributed by atoms with Gasteiger partial charge in [0.15, 0.2) is 5.60 Å². The summed E-state index contributed by atoms with van der Waals surface area (Å²) in [5.41, 5.74) is 2.19. The van der Waals surface area contributed by atoms with Crippen LogP contribution < -0.4 is 5.73 Å². The van der Waals surface area contributed by atoms with E-state index in [9.17, 15) is 14.7 Å². The second kappa shape index (κ2) is 4.72. The molecule has 0 aliphatic heterocycles. The molecule has 0 aromatic carbocycles. The van der Waals surface area contributed by atoms with Gasteiger partial charge in [-0.3, -0.25) is 4.79 Å². The van der Waals surface area contributed by atoms with Crippen molar-refractivity contribution in [3.05, 3.63) is 0 Å². The molecule has 0 aliphatic rings. The van der Waals surface area contributed by atoms with Gasteiger partial charge in [-0.2, -0.15) is 0 Å². The molecule has 0 rings (SSSR count). The second-order valence-electron chi connectivity index (χ2n) is 4.47. The SMILES string of the molecule is CC(=O)CC[C@](O)(C(N)=O)C(C)(C)CO. The highest BCUT2D eigenvalue weighted by molar-refractivity contribution is 5.85. The Morgan fingerprint density at radius 2 is 1.80 bits per heavy atom. The minimum Gasteiger partial charge on any atom is -0.396 e. The monoisotopic (exact) mass is 217 g/mol. The lowest BCUT2D eigenvalue weighted by Gasteiger charge is -2.38. The van der Waals surface area contributed by atoms with E-state index in [2.05, 4.69) is 0 Å². The maximum Gasteiger partial charge on any atom is 0.250 e. The van der Waals surface area contributed by atoms with Crippen molar-refractivity contribution < 1.29 is 19.8 Å². The number of hydrogen-bond acceptors (Lipinski definition) is 4. The summed E-state index contributed by atoms with van der Waals surface area (Å²) in [6.07, 6.45) is -0.00586. The molecule has 0 saturated heterocycles. The van der Waals surface area contributed by atoms with Gasteiger partial charge in [-0.15, -0.1) is 0 Å². The van der Waals surface area contributed by atoms with Crippen LogP contribution in [0.5, 0.6) is 0 Å². The molecule has 0 bridgehead atoms. The zero-order valence-corrected chi connectivity index (χ0v) is 9.41. The van der Waals surface area contributed by atoms with E-state index in [4.69, 9.17) is 10.8 Å². The fourth-order valence-electron chi connectivity index (χ4n) is 1.28. The highest BCUT2D eigenvalue weighted by Crippen LogP contribution is 2.34. The van der Waals surface area contributed by atoms with Crippen LogP contribution in [0.1, 0.15) is 33.6 Å². The number of carbonyl (C=O) groups excluding carboxylic acids is 2. The molecule has 0 radical (unpaired) electrons. The molecule has 5 heteroatoms. The molecule has 0 spiro atoms. The van der Waals surface area contributed by atoms with Crippen molar-refractivity contribution >= 4 is 11.7 Å². The average Bonchev–Trinajstić information content (AvgIpc) is 2.13. The number of Topliss-reactive ketones (excluding diaryl/α,β-unsaturated/α-hetero) is 1. The van der Waals surface area contributed by atoms with E-state index in [1.807, 2.05) is 0 Å². The highest BCUT2D eigenvalue weighted by Gasteiger charge is 2.47. The van der Waals surface area contributed by atoms with Gasteiger partial charge in [0.05, 0.1) is 6.61 Å². The summed E-state index contributed by atoms with van der Waals surface area (Å²) in [6, 6.07) is 0. The molecule has 0 fully saturated rings. The van der Waals surface area contributed by atoms with Crippen molar-refractivity contribution in [3.8, 4) is 0 Å². The molecular weight excluding hydrogens is 198 g/mol. The van der Waals surface area contributed by atoms with E-state index >= 15 is 0 Å². The first-order valence-corrected chi connectivity index (χ1v) is 4.80. The summed E-state index contributed by atoms with van der Waals surface area (Å²) in [5.74, 6) is -1.05. The smallest absolute Gasteiger partial charge is 0.250 e. The van der Waals surface area contributed by atoms with Crippen LogP contribution in [0.3, 0.4) is 0 Å². The lowest BCUT2D eigenvalue weighted by molar-refractivity contribution is -0.156. The summed E-state index contributed by atoms with van der Waals surface area (Å²) in [5, 5.41) is 19.2. The van der Waals surface area contributed by atoms with Crippen LogP contribution in [0.15, 0.2) is 0 Å². The Morgan fingerprint density at radius 3 is 2.07 bits per heavy atom. The van der Waals surface area contributed by atoms with Crippen LogP contribution in [0.4, 0.5) is 0 Å². The minimum absolute atomic E-state index is 0.0584. The first-order valence-electron chi connectivity index (χ1n) is 4.80. The van der Waals surface area contributed by atoms with Crippen molar-refractivity contribution in [1.82, 2.24) is 0 Å². The van der Waals surface area contributed by atoms with Crippen LogP contribution in [-0.4, -0.2) is 34.1 Å². The number of ketones is 1.